The minimum absolute atomic E-state index is 0.156. The molecule has 0 bridgehead atoms. The average molecular weight is 124 g/mol. The lowest BCUT2D eigenvalue weighted by atomic mass is 10.6. The van der Waals surface area contributed by atoms with Gasteiger partial charge in [-0.3, -0.25) is 0 Å². The molecule has 7 heavy (non-hydrogen) atoms. The van der Waals surface area contributed by atoms with Crippen molar-refractivity contribution in [2.45, 2.75) is 0 Å². The van der Waals surface area contributed by atoms with E-state index < -0.39 is 0 Å². The molecule has 0 nitrogen and oxygen atoms in total. The summed E-state index contributed by atoms with van der Waals surface area (Å²) in [7, 11) is -0.0153. The van der Waals surface area contributed by atoms with Gasteiger partial charge in [-0.2, -0.15) is 0 Å². The van der Waals surface area contributed by atoms with Gasteiger partial charge in [0.05, 0.1) is 9.04 Å². The number of hydrogen-bond donors (Lipinski definition) is 0. The summed E-state index contributed by atoms with van der Waals surface area (Å²) in [6.07, 6.45) is 8.29. The van der Waals surface area contributed by atoms with Crippen molar-refractivity contribution >= 4 is 23.1 Å². The zero-order valence-corrected chi connectivity index (χ0v) is 6.64. The molecule has 1 aliphatic rings. The zero-order chi connectivity index (χ0) is 5.11. The van der Waals surface area contributed by atoms with E-state index in [9.17, 15) is 0 Å². The predicted molar refractivity (Wildman–Crippen MR) is 39.7 cm³/mol. The lowest BCUT2D eigenvalue weighted by Crippen LogP contribution is -2.08. The molecule has 2 heteroatoms. The Morgan fingerprint density at radius 2 is 2.29 bits per heavy atom. The largest absolute Gasteiger partial charge is 0.117 e. The van der Waals surface area contributed by atoms with E-state index in [-0.39, 0.29) is 17.0 Å². The summed E-state index contributed by atoms with van der Waals surface area (Å²) >= 11 is 0. The second kappa shape index (κ2) is 2.18. The first-order valence-electron chi connectivity index (χ1n) is 2.40. The fraction of sp³-hybridized carbons (Fsp3) is 0. The molecular weight excluding hydrogens is 116 g/mol. The van der Waals surface area contributed by atoms with E-state index in [1.807, 2.05) is 0 Å². The van der Waals surface area contributed by atoms with Crippen LogP contribution in [0.4, 0.5) is 0 Å². The van der Waals surface area contributed by atoms with Crippen LogP contribution in [-0.2, 0) is 0 Å². The van der Waals surface area contributed by atoms with Crippen molar-refractivity contribution in [2.75, 3.05) is 0 Å². The van der Waals surface area contributed by atoms with Crippen LogP contribution in [0.2, 0.25) is 0 Å². The SMILES string of the molecule is C=[Si]1C=CC=C[SiH2]1. The van der Waals surface area contributed by atoms with Gasteiger partial charge >= 0.3 is 0 Å². The highest BCUT2D eigenvalue weighted by Gasteiger charge is 1.87. The van der Waals surface area contributed by atoms with E-state index in [1.165, 1.54) is 0 Å². The van der Waals surface area contributed by atoms with Gasteiger partial charge in [0, 0.05) is 7.93 Å². The molecule has 0 saturated heterocycles. The molecule has 0 N–H and O–H groups in total. The van der Waals surface area contributed by atoms with Crippen LogP contribution in [-0.4, -0.2) is 23.1 Å². The van der Waals surface area contributed by atoms with Crippen molar-refractivity contribution in [3.05, 3.63) is 23.6 Å². The summed E-state index contributed by atoms with van der Waals surface area (Å²) in [6, 6.07) is 0. The maximum Gasteiger partial charge on any atom is 0.0605 e. The standard InChI is InChI=1S/C5H8Si2/c1-7-5-3-2-4-6-7/h2-5H,1,6H2. The molecule has 0 atom stereocenters. The predicted octanol–water partition coefficient (Wildman–Crippen LogP) is -0.217. The van der Waals surface area contributed by atoms with Crippen LogP contribution in [0.25, 0.3) is 0 Å². The molecule has 36 valence electrons. The molecule has 1 aliphatic heterocycles. The van der Waals surface area contributed by atoms with E-state index >= 15 is 0 Å². The molecular formula is C5H8Si2. The fourth-order valence-electron chi connectivity index (χ4n) is 0.558. The van der Waals surface area contributed by atoms with Crippen molar-refractivity contribution in [3.8, 4) is 0 Å². The molecule has 0 aromatic carbocycles. The maximum atomic E-state index is 4.02. The van der Waals surface area contributed by atoms with Crippen molar-refractivity contribution < 1.29 is 0 Å². The Bertz CT molecular complexity index is 133. The van der Waals surface area contributed by atoms with Gasteiger partial charge in [0.2, 0.25) is 0 Å². The third-order valence-electron chi connectivity index (χ3n) is 0.959. The van der Waals surface area contributed by atoms with Crippen LogP contribution in [0.3, 0.4) is 0 Å². The molecule has 0 aliphatic carbocycles. The molecule has 0 fully saturated rings. The molecule has 0 spiro atoms. The highest BCUT2D eigenvalue weighted by atomic mass is 29.2. The molecule has 0 aromatic rings. The summed E-state index contributed by atoms with van der Waals surface area (Å²) in [6.45, 7) is 0. The van der Waals surface area contributed by atoms with Crippen LogP contribution < -0.4 is 0 Å². The topological polar surface area (TPSA) is 0 Å². The van der Waals surface area contributed by atoms with Crippen LogP contribution in [0.15, 0.2) is 23.6 Å². The number of hydrogen-bond acceptors (Lipinski definition) is 0. The van der Waals surface area contributed by atoms with Gasteiger partial charge in [-0.15, -0.1) is 11.9 Å². The first-order chi connectivity index (χ1) is 3.39. The highest BCUT2D eigenvalue weighted by Crippen LogP contribution is 1.83. The summed E-state index contributed by atoms with van der Waals surface area (Å²) < 4.78 is 0. The smallest absolute Gasteiger partial charge is 0.0605 e. The van der Waals surface area contributed by atoms with Crippen LogP contribution in [0.1, 0.15) is 0 Å². The molecule has 0 unspecified atom stereocenters. The van der Waals surface area contributed by atoms with Gasteiger partial charge in [0.25, 0.3) is 0 Å². The van der Waals surface area contributed by atoms with E-state index in [0.29, 0.717) is 0 Å². The Morgan fingerprint density at radius 1 is 1.43 bits per heavy atom. The number of rotatable bonds is 0. The van der Waals surface area contributed by atoms with Crippen molar-refractivity contribution in [3.63, 3.8) is 0 Å². The lowest BCUT2D eigenvalue weighted by molar-refractivity contribution is 2.05. The Balaban J connectivity index is 2.66. The Hall–Kier alpha value is -0.216. The number of allylic oxidation sites excluding steroid dienone is 2. The molecule has 1 heterocycles. The summed E-state index contributed by atoms with van der Waals surface area (Å²) in [4.78, 5) is 0. The summed E-state index contributed by atoms with van der Waals surface area (Å²) in [5.74, 6) is 0. The second-order valence-corrected chi connectivity index (χ2v) is 8.13. The van der Waals surface area contributed by atoms with Gasteiger partial charge in [-0.1, -0.05) is 17.9 Å². The van der Waals surface area contributed by atoms with E-state index in [2.05, 4.69) is 29.7 Å². The normalized spacial score (nSPS) is 21.4. The van der Waals surface area contributed by atoms with Crippen molar-refractivity contribution in [2.24, 2.45) is 0 Å². The quantitative estimate of drug-likeness (QED) is 0.392. The second-order valence-electron chi connectivity index (χ2n) is 1.65. The Morgan fingerprint density at radius 3 is 2.57 bits per heavy atom. The van der Waals surface area contributed by atoms with Gasteiger partial charge in [-0.05, 0) is 0 Å². The van der Waals surface area contributed by atoms with E-state index in [1.54, 1.807) is 0 Å². The average Bonchev–Trinajstić information content (AvgIpc) is 1.69. The molecule has 0 amide bonds. The van der Waals surface area contributed by atoms with E-state index in [0.717, 1.165) is 0 Å². The minimum atomic E-state index is -0.172. The van der Waals surface area contributed by atoms with Gasteiger partial charge < -0.3 is 0 Å². The molecule has 0 radical (unpaired) electrons. The Labute approximate surface area is 47.4 Å². The third-order valence-corrected chi connectivity index (χ3v) is 5.64. The van der Waals surface area contributed by atoms with E-state index in [4.69, 9.17) is 0 Å². The van der Waals surface area contributed by atoms with Crippen molar-refractivity contribution in [1.82, 2.24) is 0 Å². The molecule has 0 aromatic heterocycles. The zero-order valence-electron chi connectivity index (χ0n) is 4.22. The Kier molecular flexibility index (Phi) is 1.54. The van der Waals surface area contributed by atoms with Crippen LogP contribution in [0, 0.1) is 0 Å². The van der Waals surface area contributed by atoms with Gasteiger partial charge in [0.1, 0.15) is 0 Å². The van der Waals surface area contributed by atoms with Crippen LogP contribution in [0.5, 0.6) is 0 Å². The first kappa shape index (κ1) is 4.93. The summed E-state index contributed by atoms with van der Waals surface area (Å²) in [5.41, 5.74) is 4.60. The minimum Gasteiger partial charge on any atom is -0.117 e. The fourth-order valence-corrected chi connectivity index (χ4v) is 3.81. The first-order valence-corrected chi connectivity index (χ1v) is 7.33. The maximum absolute atomic E-state index is 4.02. The molecule has 1 rings (SSSR count). The van der Waals surface area contributed by atoms with Gasteiger partial charge in [-0.25, -0.2) is 0 Å². The third kappa shape index (κ3) is 1.37. The molecule has 0 saturated carbocycles. The monoisotopic (exact) mass is 124 g/mol. The summed E-state index contributed by atoms with van der Waals surface area (Å²) in [5, 5.41) is 0. The lowest BCUT2D eigenvalue weighted by Gasteiger charge is -1.92. The van der Waals surface area contributed by atoms with Crippen molar-refractivity contribution in [1.29, 1.82) is 0 Å². The van der Waals surface area contributed by atoms with Gasteiger partial charge in [0.15, 0.2) is 0 Å². The van der Waals surface area contributed by atoms with Crippen LogP contribution >= 0.6 is 0 Å². The highest BCUT2D eigenvalue weighted by molar-refractivity contribution is 7.17.